The molecule has 0 aromatic rings. The van der Waals surface area contributed by atoms with Crippen LogP contribution in [0.25, 0.3) is 0 Å². The molecule has 0 heterocycles. The molecule has 1 aliphatic carbocycles. The highest BCUT2D eigenvalue weighted by Crippen LogP contribution is 2.25. The molecule has 0 aliphatic heterocycles. The van der Waals surface area contributed by atoms with E-state index in [0.29, 0.717) is 6.04 Å². The Balaban J connectivity index is 2.27. The predicted molar refractivity (Wildman–Crippen MR) is 49.5 cm³/mol. The second-order valence-electron chi connectivity index (χ2n) is 3.93. The van der Waals surface area contributed by atoms with E-state index in [9.17, 15) is 0 Å². The van der Waals surface area contributed by atoms with E-state index in [1.807, 2.05) is 0 Å². The van der Waals surface area contributed by atoms with E-state index in [1.54, 1.807) is 0 Å². The lowest BCUT2D eigenvalue weighted by molar-refractivity contribution is 0.402. The maximum Gasteiger partial charge on any atom is 0.00414 e. The van der Waals surface area contributed by atoms with Crippen molar-refractivity contribution in [3.05, 3.63) is 0 Å². The van der Waals surface area contributed by atoms with Gasteiger partial charge in [0.1, 0.15) is 0 Å². The lowest BCUT2D eigenvalue weighted by Crippen LogP contribution is -2.21. The van der Waals surface area contributed by atoms with Crippen molar-refractivity contribution in [3.8, 4) is 0 Å². The molecule has 0 bridgehead atoms. The SMILES string of the molecule is CCCC1CCCCC(N)C1. The first-order valence-electron chi connectivity index (χ1n) is 5.08. The average molecular weight is 155 g/mol. The van der Waals surface area contributed by atoms with Gasteiger partial charge in [-0.15, -0.1) is 0 Å². The molecule has 1 heteroatoms. The summed E-state index contributed by atoms with van der Waals surface area (Å²) in [6.45, 7) is 2.27. The van der Waals surface area contributed by atoms with Crippen LogP contribution in [-0.2, 0) is 0 Å². The number of rotatable bonds is 2. The Kier molecular flexibility index (Phi) is 3.92. The van der Waals surface area contributed by atoms with E-state index in [2.05, 4.69) is 6.92 Å². The summed E-state index contributed by atoms with van der Waals surface area (Å²) >= 11 is 0. The van der Waals surface area contributed by atoms with Gasteiger partial charge in [-0.3, -0.25) is 0 Å². The molecular formula is C10H21N. The van der Waals surface area contributed by atoms with Crippen LogP contribution in [0.3, 0.4) is 0 Å². The fraction of sp³-hybridized carbons (Fsp3) is 1.00. The largest absolute Gasteiger partial charge is 0.328 e. The zero-order valence-electron chi connectivity index (χ0n) is 7.68. The quantitative estimate of drug-likeness (QED) is 0.610. The molecule has 1 saturated carbocycles. The highest BCUT2D eigenvalue weighted by atomic mass is 14.6. The highest BCUT2D eigenvalue weighted by molar-refractivity contribution is 4.72. The zero-order chi connectivity index (χ0) is 8.10. The van der Waals surface area contributed by atoms with Crippen LogP contribution in [0.4, 0.5) is 0 Å². The van der Waals surface area contributed by atoms with Gasteiger partial charge in [-0.05, 0) is 18.8 Å². The third-order valence-electron chi connectivity index (χ3n) is 2.77. The van der Waals surface area contributed by atoms with Crippen LogP contribution in [0.5, 0.6) is 0 Å². The molecule has 2 atom stereocenters. The minimum atomic E-state index is 0.508. The smallest absolute Gasteiger partial charge is 0.00414 e. The van der Waals surface area contributed by atoms with Crippen LogP contribution < -0.4 is 5.73 Å². The van der Waals surface area contributed by atoms with Gasteiger partial charge < -0.3 is 5.73 Å². The van der Waals surface area contributed by atoms with Crippen LogP contribution >= 0.6 is 0 Å². The molecular weight excluding hydrogens is 134 g/mol. The minimum absolute atomic E-state index is 0.508. The van der Waals surface area contributed by atoms with Gasteiger partial charge in [-0.25, -0.2) is 0 Å². The van der Waals surface area contributed by atoms with Gasteiger partial charge in [0.25, 0.3) is 0 Å². The molecule has 1 rings (SSSR count). The standard InChI is InChI=1S/C10H21N/c1-2-5-9-6-3-4-7-10(11)8-9/h9-10H,2-8,11H2,1H3. The number of nitrogens with two attached hydrogens (primary N) is 1. The summed E-state index contributed by atoms with van der Waals surface area (Å²) in [6.07, 6.45) is 9.49. The molecule has 0 aromatic carbocycles. The van der Waals surface area contributed by atoms with E-state index in [-0.39, 0.29) is 0 Å². The van der Waals surface area contributed by atoms with Gasteiger partial charge in [0, 0.05) is 6.04 Å². The van der Waals surface area contributed by atoms with Crippen LogP contribution in [0.1, 0.15) is 51.9 Å². The van der Waals surface area contributed by atoms with Crippen molar-refractivity contribution in [2.75, 3.05) is 0 Å². The Bertz CT molecular complexity index is 101. The summed E-state index contributed by atoms with van der Waals surface area (Å²) in [4.78, 5) is 0. The second-order valence-corrected chi connectivity index (χ2v) is 3.93. The molecule has 1 nitrogen and oxygen atoms in total. The van der Waals surface area contributed by atoms with Crippen LogP contribution in [0, 0.1) is 5.92 Å². The minimum Gasteiger partial charge on any atom is -0.328 e. The van der Waals surface area contributed by atoms with Gasteiger partial charge in [0.15, 0.2) is 0 Å². The topological polar surface area (TPSA) is 26.0 Å². The van der Waals surface area contributed by atoms with Crippen molar-refractivity contribution < 1.29 is 0 Å². The van der Waals surface area contributed by atoms with Gasteiger partial charge in [0.05, 0.1) is 0 Å². The molecule has 0 aromatic heterocycles. The average Bonchev–Trinajstić information content (AvgIpc) is 2.15. The Morgan fingerprint density at radius 1 is 1.27 bits per heavy atom. The van der Waals surface area contributed by atoms with Crippen molar-refractivity contribution in [2.45, 2.75) is 57.9 Å². The van der Waals surface area contributed by atoms with Gasteiger partial charge >= 0.3 is 0 Å². The summed E-state index contributed by atoms with van der Waals surface area (Å²) in [5.74, 6) is 0.942. The summed E-state index contributed by atoms with van der Waals surface area (Å²) < 4.78 is 0. The molecule has 2 N–H and O–H groups in total. The molecule has 0 saturated heterocycles. The van der Waals surface area contributed by atoms with E-state index in [4.69, 9.17) is 5.73 Å². The Labute approximate surface area is 70.4 Å². The molecule has 0 amide bonds. The molecule has 1 aliphatic rings. The third-order valence-corrected chi connectivity index (χ3v) is 2.77. The normalized spacial score (nSPS) is 33.3. The van der Waals surface area contributed by atoms with Crippen LogP contribution in [-0.4, -0.2) is 6.04 Å². The van der Waals surface area contributed by atoms with Gasteiger partial charge in [0.2, 0.25) is 0 Å². The lowest BCUT2D eigenvalue weighted by atomic mass is 9.94. The Morgan fingerprint density at radius 2 is 2.00 bits per heavy atom. The van der Waals surface area contributed by atoms with E-state index in [1.165, 1.54) is 44.9 Å². The first kappa shape index (κ1) is 9.05. The van der Waals surface area contributed by atoms with E-state index >= 15 is 0 Å². The molecule has 1 fully saturated rings. The van der Waals surface area contributed by atoms with Crippen LogP contribution in [0.15, 0.2) is 0 Å². The maximum absolute atomic E-state index is 5.96. The summed E-state index contributed by atoms with van der Waals surface area (Å²) in [5.41, 5.74) is 5.96. The van der Waals surface area contributed by atoms with Gasteiger partial charge in [-0.1, -0.05) is 39.0 Å². The maximum atomic E-state index is 5.96. The Hall–Kier alpha value is -0.0400. The molecule has 0 radical (unpaired) electrons. The fourth-order valence-corrected chi connectivity index (χ4v) is 2.17. The fourth-order valence-electron chi connectivity index (χ4n) is 2.17. The van der Waals surface area contributed by atoms with Crippen molar-refractivity contribution in [2.24, 2.45) is 11.7 Å². The van der Waals surface area contributed by atoms with E-state index in [0.717, 1.165) is 5.92 Å². The van der Waals surface area contributed by atoms with Gasteiger partial charge in [-0.2, -0.15) is 0 Å². The van der Waals surface area contributed by atoms with Crippen LogP contribution in [0.2, 0.25) is 0 Å². The van der Waals surface area contributed by atoms with Crippen molar-refractivity contribution in [1.82, 2.24) is 0 Å². The first-order chi connectivity index (χ1) is 5.33. The monoisotopic (exact) mass is 155 g/mol. The third kappa shape index (κ3) is 3.24. The molecule has 11 heavy (non-hydrogen) atoms. The first-order valence-corrected chi connectivity index (χ1v) is 5.08. The zero-order valence-corrected chi connectivity index (χ0v) is 7.68. The summed E-state index contributed by atoms with van der Waals surface area (Å²) in [7, 11) is 0. The Morgan fingerprint density at radius 3 is 2.73 bits per heavy atom. The second kappa shape index (κ2) is 4.76. The highest BCUT2D eigenvalue weighted by Gasteiger charge is 2.15. The number of hydrogen-bond acceptors (Lipinski definition) is 1. The lowest BCUT2D eigenvalue weighted by Gasteiger charge is -2.15. The van der Waals surface area contributed by atoms with Crippen molar-refractivity contribution >= 4 is 0 Å². The summed E-state index contributed by atoms with van der Waals surface area (Å²) in [5, 5.41) is 0. The van der Waals surface area contributed by atoms with Crippen molar-refractivity contribution in [1.29, 1.82) is 0 Å². The molecule has 0 spiro atoms. The molecule has 66 valence electrons. The summed E-state index contributed by atoms with van der Waals surface area (Å²) in [6, 6.07) is 0.508. The molecule has 2 unspecified atom stereocenters. The predicted octanol–water partition coefficient (Wildman–Crippen LogP) is 2.69. The van der Waals surface area contributed by atoms with Crippen molar-refractivity contribution in [3.63, 3.8) is 0 Å². The number of hydrogen-bond donors (Lipinski definition) is 1. The van der Waals surface area contributed by atoms with E-state index < -0.39 is 0 Å².